The first-order valence-electron chi connectivity index (χ1n) is 6.89. The molecule has 20 heavy (non-hydrogen) atoms. The van der Waals surface area contributed by atoms with E-state index in [9.17, 15) is 4.79 Å². The molecule has 0 aliphatic rings. The molecular formula is C15H20N2OS2. The molecule has 0 radical (unpaired) electrons. The van der Waals surface area contributed by atoms with Crippen molar-refractivity contribution in [1.29, 1.82) is 0 Å². The van der Waals surface area contributed by atoms with E-state index >= 15 is 0 Å². The summed E-state index contributed by atoms with van der Waals surface area (Å²) in [5, 5.41) is 5.75. The predicted molar refractivity (Wildman–Crippen MR) is 84.7 cm³/mol. The Kier molecular flexibility index (Phi) is 5.05. The number of nitrogens with zero attached hydrogens (tertiary/aromatic N) is 2. The predicted octanol–water partition coefficient (Wildman–Crippen LogP) is 4.23. The number of aromatic nitrogens is 2. The van der Waals surface area contributed by atoms with Crippen molar-refractivity contribution in [2.75, 3.05) is 0 Å². The number of hydrogen-bond acceptors (Lipinski definition) is 5. The SMILES string of the molecule is CC(C)Cc1nc(C(=O)c2csc(CC(C)C)n2)cs1. The summed E-state index contributed by atoms with van der Waals surface area (Å²) >= 11 is 3.12. The standard InChI is InChI=1S/C15H20N2OS2/c1-9(2)5-13-16-11(7-19-13)15(18)12-8-20-14(17-12)6-10(3)4/h7-10H,5-6H2,1-4H3. The van der Waals surface area contributed by atoms with Gasteiger partial charge in [-0.2, -0.15) is 0 Å². The van der Waals surface area contributed by atoms with Crippen LogP contribution >= 0.6 is 22.7 Å². The van der Waals surface area contributed by atoms with E-state index in [2.05, 4.69) is 37.7 Å². The first kappa shape index (κ1) is 15.3. The second-order valence-electron chi connectivity index (χ2n) is 5.78. The van der Waals surface area contributed by atoms with Gasteiger partial charge in [-0.1, -0.05) is 27.7 Å². The average molecular weight is 308 g/mol. The lowest BCUT2D eigenvalue weighted by atomic mass is 10.1. The summed E-state index contributed by atoms with van der Waals surface area (Å²) in [6.07, 6.45) is 1.85. The third-order valence-corrected chi connectivity index (χ3v) is 4.48. The highest BCUT2D eigenvalue weighted by Gasteiger charge is 2.17. The molecule has 0 fully saturated rings. The fourth-order valence-electron chi connectivity index (χ4n) is 1.85. The molecule has 0 spiro atoms. The highest BCUT2D eigenvalue weighted by molar-refractivity contribution is 7.10. The van der Waals surface area contributed by atoms with E-state index in [1.54, 1.807) is 22.7 Å². The Bertz CT molecular complexity index is 534. The number of rotatable bonds is 6. The Morgan fingerprint density at radius 2 is 1.35 bits per heavy atom. The van der Waals surface area contributed by atoms with Crippen molar-refractivity contribution >= 4 is 28.5 Å². The first-order chi connectivity index (χ1) is 9.45. The number of carbonyl (C=O) groups is 1. The van der Waals surface area contributed by atoms with Gasteiger partial charge in [-0.05, 0) is 11.8 Å². The van der Waals surface area contributed by atoms with E-state index in [1.165, 1.54) is 0 Å². The van der Waals surface area contributed by atoms with E-state index in [0.717, 1.165) is 22.9 Å². The van der Waals surface area contributed by atoms with Crippen LogP contribution in [0.15, 0.2) is 10.8 Å². The van der Waals surface area contributed by atoms with E-state index < -0.39 is 0 Å². The fourth-order valence-corrected chi connectivity index (χ4v) is 3.82. The second-order valence-corrected chi connectivity index (χ2v) is 7.66. The van der Waals surface area contributed by atoms with Gasteiger partial charge in [-0.15, -0.1) is 22.7 Å². The monoisotopic (exact) mass is 308 g/mol. The van der Waals surface area contributed by atoms with Crippen molar-refractivity contribution in [3.05, 3.63) is 32.2 Å². The molecule has 2 aromatic heterocycles. The van der Waals surface area contributed by atoms with Gasteiger partial charge in [0.25, 0.3) is 0 Å². The summed E-state index contributed by atoms with van der Waals surface area (Å²) in [5.74, 6) is 1.06. The quantitative estimate of drug-likeness (QED) is 0.750. The normalized spacial score (nSPS) is 11.5. The Morgan fingerprint density at radius 3 is 1.70 bits per heavy atom. The minimum absolute atomic E-state index is 0.0532. The third kappa shape index (κ3) is 3.96. The van der Waals surface area contributed by atoms with Gasteiger partial charge >= 0.3 is 0 Å². The molecular weight excluding hydrogens is 288 g/mol. The van der Waals surface area contributed by atoms with Crippen molar-refractivity contribution < 1.29 is 4.79 Å². The third-order valence-electron chi connectivity index (χ3n) is 2.73. The van der Waals surface area contributed by atoms with Crippen LogP contribution in [-0.4, -0.2) is 15.8 Å². The molecule has 2 rings (SSSR count). The fraction of sp³-hybridized carbons (Fsp3) is 0.533. The molecule has 0 aliphatic heterocycles. The highest BCUT2D eigenvalue weighted by atomic mass is 32.1. The number of hydrogen-bond donors (Lipinski definition) is 0. The van der Waals surface area contributed by atoms with Gasteiger partial charge in [0, 0.05) is 23.6 Å². The van der Waals surface area contributed by atoms with Gasteiger partial charge in [0.2, 0.25) is 5.78 Å². The van der Waals surface area contributed by atoms with E-state index in [1.807, 2.05) is 10.8 Å². The summed E-state index contributed by atoms with van der Waals surface area (Å²) in [4.78, 5) is 21.2. The average Bonchev–Trinajstić information content (AvgIpc) is 2.96. The Balaban J connectivity index is 2.10. The maximum atomic E-state index is 12.3. The molecule has 0 aromatic carbocycles. The van der Waals surface area contributed by atoms with Gasteiger partial charge in [0.05, 0.1) is 10.0 Å². The molecule has 3 nitrogen and oxygen atoms in total. The van der Waals surface area contributed by atoms with Crippen molar-refractivity contribution in [2.45, 2.75) is 40.5 Å². The number of carbonyl (C=O) groups excluding carboxylic acids is 1. The first-order valence-corrected chi connectivity index (χ1v) is 8.65. The summed E-state index contributed by atoms with van der Waals surface area (Å²) in [5.41, 5.74) is 1.07. The van der Waals surface area contributed by atoms with Gasteiger partial charge in [0.1, 0.15) is 11.4 Å². The van der Waals surface area contributed by atoms with Gasteiger partial charge in [-0.25, -0.2) is 9.97 Å². The van der Waals surface area contributed by atoms with Crippen molar-refractivity contribution in [3.8, 4) is 0 Å². The lowest BCUT2D eigenvalue weighted by molar-refractivity contribution is 0.103. The number of thiazole rings is 2. The maximum Gasteiger partial charge on any atom is 0.231 e. The molecule has 0 unspecified atom stereocenters. The molecule has 0 atom stereocenters. The Morgan fingerprint density at radius 1 is 0.950 bits per heavy atom. The lowest BCUT2D eigenvalue weighted by Gasteiger charge is -1.99. The van der Waals surface area contributed by atoms with Crippen LogP contribution < -0.4 is 0 Å². The van der Waals surface area contributed by atoms with Gasteiger partial charge in [0.15, 0.2) is 0 Å². The molecule has 108 valence electrons. The van der Waals surface area contributed by atoms with Crippen LogP contribution in [0.25, 0.3) is 0 Å². The number of ketones is 1. The highest BCUT2D eigenvalue weighted by Crippen LogP contribution is 2.19. The molecule has 0 bridgehead atoms. The van der Waals surface area contributed by atoms with Crippen LogP contribution in [-0.2, 0) is 12.8 Å². The van der Waals surface area contributed by atoms with Crippen molar-refractivity contribution in [3.63, 3.8) is 0 Å². The van der Waals surface area contributed by atoms with Crippen LogP contribution in [0.2, 0.25) is 0 Å². The topological polar surface area (TPSA) is 42.9 Å². The smallest absolute Gasteiger partial charge is 0.231 e. The molecule has 0 saturated heterocycles. The lowest BCUT2D eigenvalue weighted by Crippen LogP contribution is -2.04. The van der Waals surface area contributed by atoms with Crippen molar-refractivity contribution in [2.24, 2.45) is 11.8 Å². The zero-order valence-corrected chi connectivity index (χ0v) is 14.0. The van der Waals surface area contributed by atoms with Crippen LogP contribution in [0.5, 0.6) is 0 Å². The molecule has 5 heteroatoms. The molecule has 0 aliphatic carbocycles. The van der Waals surface area contributed by atoms with Crippen LogP contribution in [0, 0.1) is 11.8 Å². The molecule has 0 N–H and O–H groups in total. The van der Waals surface area contributed by atoms with E-state index in [4.69, 9.17) is 0 Å². The summed E-state index contributed by atoms with van der Waals surface area (Å²) in [7, 11) is 0. The van der Waals surface area contributed by atoms with Crippen molar-refractivity contribution in [1.82, 2.24) is 9.97 Å². The summed E-state index contributed by atoms with van der Waals surface area (Å²) < 4.78 is 0. The van der Waals surface area contributed by atoms with Crippen LogP contribution in [0.1, 0.15) is 53.9 Å². The molecule has 0 saturated carbocycles. The summed E-state index contributed by atoms with van der Waals surface area (Å²) in [6, 6.07) is 0. The largest absolute Gasteiger partial charge is 0.285 e. The van der Waals surface area contributed by atoms with Crippen LogP contribution in [0.4, 0.5) is 0 Å². The Hall–Kier alpha value is -1.07. The minimum Gasteiger partial charge on any atom is -0.285 e. The molecule has 2 aromatic rings. The van der Waals surface area contributed by atoms with Gasteiger partial charge < -0.3 is 0 Å². The van der Waals surface area contributed by atoms with Crippen LogP contribution in [0.3, 0.4) is 0 Å². The summed E-state index contributed by atoms with van der Waals surface area (Å²) in [6.45, 7) is 8.62. The zero-order valence-electron chi connectivity index (χ0n) is 12.3. The second kappa shape index (κ2) is 6.59. The minimum atomic E-state index is -0.0532. The Labute approximate surface area is 128 Å². The van der Waals surface area contributed by atoms with Gasteiger partial charge in [-0.3, -0.25) is 4.79 Å². The molecule has 0 amide bonds. The zero-order chi connectivity index (χ0) is 14.7. The maximum absolute atomic E-state index is 12.3. The van der Waals surface area contributed by atoms with E-state index in [-0.39, 0.29) is 5.78 Å². The molecule has 2 heterocycles. The van der Waals surface area contributed by atoms with E-state index in [0.29, 0.717) is 23.2 Å².